The molecule has 2 N–H and O–H groups in total. The molecule has 21 heavy (non-hydrogen) atoms. The van der Waals surface area contributed by atoms with E-state index in [2.05, 4.69) is 25.7 Å². The molecule has 0 saturated carbocycles. The molecule has 0 aliphatic carbocycles. The van der Waals surface area contributed by atoms with Crippen molar-refractivity contribution in [3.63, 3.8) is 0 Å². The van der Waals surface area contributed by atoms with E-state index in [9.17, 15) is 10.2 Å². The summed E-state index contributed by atoms with van der Waals surface area (Å²) in [4.78, 5) is 7.04. The van der Waals surface area contributed by atoms with Crippen molar-refractivity contribution in [2.45, 2.75) is 64.5 Å². The Kier molecular flexibility index (Phi) is 5.22. The van der Waals surface area contributed by atoms with Gasteiger partial charge in [-0.2, -0.15) is 0 Å². The van der Waals surface area contributed by atoms with Crippen LogP contribution in [0.5, 0.6) is 0 Å². The molecular formula is C17H28N2O2. The van der Waals surface area contributed by atoms with Crippen molar-refractivity contribution >= 4 is 5.82 Å². The van der Waals surface area contributed by atoms with E-state index in [0.29, 0.717) is 0 Å². The average molecular weight is 292 g/mol. The summed E-state index contributed by atoms with van der Waals surface area (Å²) in [7, 11) is 0. The van der Waals surface area contributed by atoms with Crippen molar-refractivity contribution in [3.8, 4) is 0 Å². The van der Waals surface area contributed by atoms with E-state index in [1.54, 1.807) is 0 Å². The Morgan fingerprint density at radius 1 is 1.19 bits per heavy atom. The monoisotopic (exact) mass is 292 g/mol. The van der Waals surface area contributed by atoms with Gasteiger partial charge in [-0.3, -0.25) is 0 Å². The molecule has 1 unspecified atom stereocenters. The number of hydrogen-bond donors (Lipinski definition) is 2. The lowest BCUT2D eigenvalue weighted by atomic mass is 9.90. The Labute approximate surface area is 127 Å². The van der Waals surface area contributed by atoms with Crippen LogP contribution in [0.3, 0.4) is 0 Å². The van der Waals surface area contributed by atoms with Gasteiger partial charge in [0, 0.05) is 17.7 Å². The van der Waals surface area contributed by atoms with Crippen molar-refractivity contribution in [3.05, 3.63) is 23.4 Å². The second-order valence-corrected chi connectivity index (χ2v) is 7.01. The summed E-state index contributed by atoms with van der Waals surface area (Å²) in [5, 5.41) is 19.2. The molecule has 1 aromatic heterocycles. The zero-order valence-electron chi connectivity index (χ0n) is 13.5. The van der Waals surface area contributed by atoms with Gasteiger partial charge in [0.2, 0.25) is 0 Å². The van der Waals surface area contributed by atoms with E-state index in [1.807, 2.05) is 12.1 Å². The van der Waals surface area contributed by atoms with Gasteiger partial charge < -0.3 is 15.1 Å². The highest BCUT2D eigenvalue weighted by Gasteiger charge is 2.24. The van der Waals surface area contributed by atoms with Crippen LogP contribution in [0.1, 0.15) is 57.7 Å². The highest BCUT2D eigenvalue weighted by atomic mass is 16.3. The van der Waals surface area contributed by atoms with Crippen molar-refractivity contribution in [1.82, 2.24) is 4.98 Å². The normalized spacial score (nSPS) is 20.4. The van der Waals surface area contributed by atoms with Crippen molar-refractivity contribution in [1.29, 1.82) is 0 Å². The maximum Gasteiger partial charge on any atom is 0.129 e. The third-order valence-corrected chi connectivity index (χ3v) is 4.20. The molecule has 1 aromatic rings. The number of aliphatic hydroxyl groups excluding tert-OH is 2. The fourth-order valence-corrected chi connectivity index (χ4v) is 2.86. The predicted molar refractivity (Wildman–Crippen MR) is 85.5 cm³/mol. The second-order valence-electron chi connectivity index (χ2n) is 7.01. The Bertz CT molecular complexity index is 468. The molecule has 1 aliphatic heterocycles. The summed E-state index contributed by atoms with van der Waals surface area (Å²) in [6.07, 6.45) is 4.51. The molecule has 0 aromatic carbocycles. The minimum Gasteiger partial charge on any atom is -0.394 e. The number of nitrogens with zero attached hydrogens (tertiary/aromatic N) is 2. The molecule has 0 amide bonds. The van der Waals surface area contributed by atoms with Gasteiger partial charge in [0.25, 0.3) is 0 Å². The summed E-state index contributed by atoms with van der Waals surface area (Å²) >= 11 is 0. The Morgan fingerprint density at radius 3 is 2.57 bits per heavy atom. The summed E-state index contributed by atoms with van der Waals surface area (Å²) in [6.45, 7) is 7.51. The third kappa shape index (κ3) is 3.95. The van der Waals surface area contributed by atoms with Gasteiger partial charge in [0.05, 0.1) is 19.3 Å². The van der Waals surface area contributed by atoms with Crippen LogP contribution < -0.4 is 4.90 Å². The van der Waals surface area contributed by atoms with E-state index in [-0.39, 0.29) is 24.7 Å². The maximum atomic E-state index is 9.68. The minimum absolute atomic E-state index is 0.0240. The van der Waals surface area contributed by atoms with Crippen LogP contribution in [-0.4, -0.2) is 34.4 Å². The summed E-state index contributed by atoms with van der Waals surface area (Å²) in [5.41, 5.74) is 1.83. The van der Waals surface area contributed by atoms with Gasteiger partial charge in [0.15, 0.2) is 0 Å². The zero-order valence-corrected chi connectivity index (χ0v) is 13.5. The molecule has 2 rings (SSSR count). The van der Waals surface area contributed by atoms with Crippen LogP contribution in [0, 0.1) is 0 Å². The molecule has 1 atom stereocenters. The molecule has 1 aliphatic rings. The van der Waals surface area contributed by atoms with Crippen LogP contribution in [-0.2, 0) is 12.0 Å². The average Bonchev–Trinajstić information content (AvgIpc) is 2.70. The molecule has 0 radical (unpaired) electrons. The number of aliphatic hydroxyl groups is 2. The van der Waals surface area contributed by atoms with Crippen LogP contribution >= 0.6 is 0 Å². The first kappa shape index (κ1) is 16.2. The van der Waals surface area contributed by atoms with Crippen molar-refractivity contribution in [2.24, 2.45) is 0 Å². The largest absolute Gasteiger partial charge is 0.394 e. The molecule has 1 saturated heterocycles. The lowest BCUT2D eigenvalue weighted by Gasteiger charge is -2.31. The molecule has 118 valence electrons. The second kappa shape index (κ2) is 6.75. The Morgan fingerprint density at radius 2 is 1.95 bits per heavy atom. The van der Waals surface area contributed by atoms with E-state index >= 15 is 0 Å². The number of pyridine rings is 1. The molecule has 0 spiro atoms. The van der Waals surface area contributed by atoms with Gasteiger partial charge in [-0.05, 0) is 30.5 Å². The number of aromatic nitrogens is 1. The lowest BCUT2D eigenvalue weighted by Crippen LogP contribution is -2.38. The van der Waals surface area contributed by atoms with Gasteiger partial charge in [-0.15, -0.1) is 0 Å². The quantitative estimate of drug-likeness (QED) is 0.899. The fourth-order valence-electron chi connectivity index (χ4n) is 2.86. The first-order valence-electron chi connectivity index (χ1n) is 7.95. The Hall–Kier alpha value is -1.13. The molecule has 1 fully saturated rings. The topological polar surface area (TPSA) is 56.6 Å². The van der Waals surface area contributed by atoms with Crippen LogP contribution in [0.2, 0.25) is 0 Å². The smallest absolute Gasteiger partial charge is 0.129 e. The van der Waals surface area contributed by atoms with E-state index in [4.69, 9.17) is 4.98 Å². The Balaban J connectivity index is 2.40. The van der Waals surface area contributed by atoms with Gasteiger partial charge in [-0.1, -0.05) is 33.6 Å². The molecule has 0 bridgehead atoms. The highest BCUT2D eigenvalue weighted by molar-refractivity contribution is 5.45. The summed E-state index contributed by atoms with van der Waals surface area (Å²) in [5.74, 6) is 0.896. The van der Waals surface area contributed by atoms with Crippen LogP contribution in [0.25, 0.3) is 0 Å². The number of rotatable bonds is 3. The fraction of sp³-hybridized carbons (Fsp3) is 0.706. The first-order chi connectivity index (χ1) is 9.95. The standard InChI is InChI=1S/C17H28N2O2/c1-17(2,3)15-9-13(11-20)10-16(18-15)19-8-6-4-5-7-14(19)12-21/h9-10,14,20-21H,4-8,11-12H2,1-3H3. The summed E-state index contributed by atoms with van der Waals surface area (Å²) < 4.78 is 0. The lowest BCUT2D eigenvalue weighted by molar-refractivity contribution is 0.254. The summed E-state index contributed by atoms with van der Waals surface area (Å²) in [6, 6.07) is 4.08. The maximum absolute atomic E-state index is 9.68. The minimum atomic E-state index is -0.0551. The SMILES string of the molecule is CC(C)(C)c1cc(CO)cc(N2CCCCCC2CO)n1. The molecule has 4 nitrogen and oxygen atoms in total. The van der Waals surface area contributed by atoms with E-state index in [0.717, 1.165) is 42.9 Å². The van der Waals surface area contributed by atoms with Crippen molar-refractivity contribution in [2.75, 3.05) is 18.1 Å². The van der Waals surface area contributed by atoms with Crippen molar-refractivity contribution < 1.29 is 10.2 Å². The van der Waals surface area contributed by atoms with E-state index < -0.39 is 0 Å². The van der Waals surface area contributed by atoms with E-state index in [1.165, 1.54) is 6.42 Å². The molecule has 4 heteroatoms. The molecular weight excluding hydrogens is 264 g/mol. The van der Waals surface area contributed by atoms with Gasteiger partial charge >= 0.3 is 0 Å². The van der Waals surface area contributed by atoms with Gasteiger partial charge in [-0.25, -0.2) is 4.98 Å². The number of anilines is 1. The third-order valence-electron chi connectivity index (χ3n) is 4.20. The van der Waals surface area contributed by atoms with Crippen LogP contribution in [0.4, 0.5) is 5.82 Å². The molecule has 2 heterocycles. The first-order valence-corrected chi connectivity index (χ1v) is 7.95. The van der Waals surface area contributed by atoms with Gasteiger partial charge in [0.1, 0.15) is 5.82 Å². The van der Waals surface area contributed by atoms with Crippen LogP contribution in [0.15, 0.2) is 12.1 Å². The zero-order chi connectivity index (χ0) is 15.5. The highest BCUT2D eigenvalue weighted by Crippen LogP contribution is 2.28. The number of hydrogen-bond acceptors (Lipinski definition) is 4. The predicted octanol–water partition coefficient (Wildman–Crippen LogP) is 2.61.